The molecule has 0 aliphatic rings. The van der Waals surface area contributed by atoms with Gasteiger partial charge in [-0.05, 0) is 12.1 Å². The predicted octanol–water partition coefficient (Wildman–Crippen LogP) is 0.921. The molecule has 1 aromatic carbocycles. The topological polar surface area (TPSA) is 83.5 Å². The van der Waals surface area contributed by atoms with Gasteiger partial charge in [-0.15, -0.1) is 0 Å². The van der Waals surface area contributed by atoms with Crippen LogP contribution in [0.5, 0.6) is 0 Å². The van der Waals surface area contributed by atoms with E-state index in [1.54, 1.807) is 0 Å². The van der Waals surface area contributed by atoms with E-state index in [0.29, 0.717) is 18.2 Å². The maximum atomic E-state index is 12.9. The summed E-state index contributed by atoms with van der Waals surface area (Å²) >= 11 is 0. The molecule has 8 heteroatoms. The number of rotatable bonds is 2. The molecular formula is C7H5F2NO4S. The third-order valence-electron chi connectivity index (χ3n) is 1.41. The van der Waals surface area contributed by atoms with Crippen LogP contribution in [-0.4, -0.2) is 19.6 Å². The number of carboxylic acid groups (broad SMARTS) is 1. The van der Waals surface area contributed by atoms with Gasteiger partial charge in [0.15, 0.2) is 0 Å². The molecule has 1 rings (SSSR count). The Morgan fingerprint density at radius 3 is 2.40 bits per heavy atom. The van der Waals surface area contributed by atoms with Crippen molar-refractivity contribution in [3.8, 4) is 0 Å². The summed E-state index contributed by atoms with van der Waals surface area (Å²) in [6.07, 6.45) is -1.85. The summed E-state index contributed by atoms with van der Waals surface area (Å²) < 4.78 is 48.7. The van der Waals surface area contributed by atoms with Crippen LogP contribution in [0.1, 0.15) is 0 Å². The molecule has 15 heavy (non-hydrogen) atoms. The summed E-state index contributed by atoms with van der Waals surface area (Å²) in [4.78, 5) is 9.15. The first-order valence-corrected chi connectivity index (χ1v) is 5.02. The van der Waals surface area contributed by atoms with E-state index >= 15 is 0 Å². The summed E-state index contributed by atoms with van der Waals surface area (Å²) in [5, 5.41) is 8.17. The van der Waals surface area contributed by atoms with Crippen molar-refractivity contribution < 1.29 is 27.1 Å². The number of nitrogens with one attached hydrogen (secondary N) is 1. The highest BCUT2D eigenvalue weighted by Crippen LogP contribution is 2.14. The first kappa shape index (κ1) is 11.4. The predicted molar refractivity (Wildman–Crippen MR) is 44.7 cm³/mol. The highest BCUT2D eigenvalue weighted by Gasteiger charge is 2.21. The first-order valence-electron chi connectivity index (χ1n) is 3.54. The number of sulfonamides is 1. The van der Waals surface area contributed by atoms with Gasteiger partial charge in [-0.1, -0.05) is 0 Å². The minimum absolute atomic E-state index is 0.344. The van der Waals surface area contributed by atoms with Crippen molar-refractivity contribution >= 4 is 16.1 Å². The summed E-state index contributed by atoms with van der Waals surface area (Å²) in [7, 11) is -4.50. The molecule has 0 saturated heterocycles. The number of halogens is 2. The Labute approximate surface area is 83.4 Å². The largest absolute Gasteiger partial charge is 0.464 e. The fourth-order valence-electron chi connectivity index (χ4n) is 0.863. The van der Waals surface area contributed by atoms with E-state index < -0.39 is 32.6 Å². The van der Waals surface area contributed by atoms with E-state index in [1.165, 1.54) is 0 Å². The molecule has 0 unspecified atom stereocenters. The molecule has 1 aromatic rings. The number of benzene rings is 1. The summed E-state index contributed by atoms with van der Waals surface area (Å²) in [5.41, 5.74) is 0. The molecule has 0 bridgehead atoms. The Kier molecular flexibility index (Phi) is 2.89. The maximum Gasteiger partial charge on any atom is 0.418 e. The molecule has 0 aliphatic carbocycles. The van der Waals surface area contributed by atoms with Gasteiger partial charge in [0.2, 0.25) is 0 Å². The molecule has 0 saturated carbocycles. The lowest BCUT2D eigenvalue weighted by Crippen LogP contribution is -2.29. The van der Waals surface area contributed by atoms with Gasteiger partial charge in [-0.2, -0.15) is 0 Å². The monoisotopic (exact) mass is 237 g/mol. The minimum atomic E-state index is -4.50. The second kappa shape index (κ2) is 3.81. The summed E-state index contributed by atoms with van der Waals surface area (Å²) in [5.74, 6) is -2.31. The molecule has 0 aliphatic heterocycles. The van der Waals surface area contributed by atoms with Crippen LogP contribution in [0.4, 0.5) is 13.6 Å². The third kappa shape index (κ3) is 2.62. The number of carbonyl (C=O) groups is 1. The summed E-state index contributed by atoms with van der Waals surface area (Å²) in [6, 6.07) is 1.69. The Bertz CT molecular complexity index is 500. The zero-order valence-electron chi connectivity index (χ0n) is 7.07. The zero-order valence-corrected chi connectivity index (χ0v) is 7.88. The van der Waals surface area contributed by atoms with Crippen molar-refractivity contribution in [2.75, 3.05) is 0 Å². The first-order chi connectivity index (χ1) is 6.83. The van der Waals surface area contributed by atoms with E-state index in [4.69, 9.17) is 5.11 Å². The van der Waals surface area contributed by atoms with Gasteiger partial charge >= 0.3 is 6.09 Å². The molecule has 1 amide bonds. The maximum absolute atomic E-state index is 12.9. The quantitative estimate of drug-likeness (QED) is 0.801. The van der Waals surface area contributed by atoms with Gasteiger partial charge < -0.3 is 5.11 Å². The van der Waals surface area contributed by atoms with Crippen LogP contribution in [0.3, 0.4) is 0 Å². The Balaban J connectivity index is 3.22. The van der Waals surface area contributed by atoms with E-state index in [0.717, 1.165) is 4.72 Å². The van der Waals surface area contributed by atoms with Gasteiger partial charge in [-0.25, -0.2) is 26.7 Å². The SMILES string of the molecule is O=C(O)NS(=O)(=O)c1ccc(F)cc1F. The van der Waals surface area contributed by atoms with Gasteiger partial charge in [0, 0.05) is 6.07 Å². The molecule has 2 N–H and O–H groups in total. The van der Waals surface area contributed by atoms with Crippen LogP contribution in [0.25, 0.3) is 0 Å². The number of hydrogen-bond acceptors (Lipinski definition) is 3. The number of hydrogen-bond donors (Lipinski definition) is 2. The van der Waals surface area contributed by atoms with E-state index in [9.17, 15) is 22.0 Å². The van der Waals surface area contributed by atoms with E-state index in [2.05, 4.69) is 0 Å². The molecule has 0 atom stereocenters. The van der Waals surface area contributed by atoms with Crippen LogP contribution >= 0.6 is 0 Å². The molecular weight excluding hydrogens is 232 g/mol. The second-order valence-corrected chi connectivity index (χ2v) is 4.14. The normalized spacial score (nSPS) is 11.1. The molecule has 0 radical (unpaired) electrons. The fourth-order valence-corrected chi connectivity index (χ4v) is 1.77. The Morgan fingerprint density at radius 1 is 1.33 bits per heavy atom. The second-order valence-electron chi connectivity index (χ2n) is 2.49. The van der Waals surface area contributed by atoms with Crippen LogP contribution in [-0.2, 0) is 10.0 Å². The van der Waals surface area contributed by atoms with Crippen molar-refractivity contribution in [3.63, 3.8) is 0 Å². The fraction of sp³-hybridized carbons (Fsp3) is 0. The Morgan fingerprint density at radius 2 is 1.93 bits per heavy atom. The lowest BCUT2D eigenvalue weighted by molar-refractivity contribution is 0.201. The van der Waals surface area contributed by atoms with Gasteiger partial charge in [0.1, 0.15) is 16.5 Å². The van der Waals surface area contributed by atoms with Crippen LogP contribution in [0.2, 0.25) is 0 Å². The highest BCUT2D eigenvalue weighted by atomic mass is 32.2. The lowest BCUT2D eigenvalue weighted by atomic mass is 10.3. The van der Waals surface area contributed by atoms with Crippen LogP contribution in [0.15, 0.2) is 23.1 Å². The molecule has 5 nitrogen and oxygen atoms in total. The van der Waals surface area contributed by atoms with Crippen molar-refractivity contribution in [2.24, 2.45) is 0 Å². The highest BCUT2D eigenvalue weighted by molar-refractivity contribution is 7.90. The summed E-state index contributed by atoms with van der Waals surface area (Å²) in [6.45, 7) is 0. The molecule has 0 spiro atoms. The van der Waals surface area contributed by atoms with Crippen LogP contribution in [0, 0.1) is 11.6 Å². The standard InChI is InChI=1S/C7H5F2NO4S/c8-4-1-2-6(5(9)3-4)15(13,14)10-7(11)12/h1-3,10H,(H,11,12). The molecule has 0 heterocycles. The smallest absolute Gasteiger partial charge is 0.418 e. The van der Waals surface area contributed by atoms with Crippen LogP contribution < -0.4 is 4.72 Å². The average Bonchev–Trinajstić information content (AvgIpc) is 1.99. The number of amides is 1. The molecule has 0 fully saturated rings. The minimum Gasteiger partial charge on any atom is -0.464 e. The average molecular weight is 237 g/mol. The van der Waals surface area contributed by atoms with E-state index in [-0.39, 0.29) is 0 Å². The molecule has 0 aromatic heterocycles. The Hall–Kier alpha value is -1.70. The third-order valence-corrected chi connectivity index (χ3v) is 2.76. The van der Waals surface area contributed by atoms with Gasteiger partial charge in [-0.3, -0.25) is 0 Å². The van der Waals surface area contributed by atoms with Crippen molar-refractivity contribution in [3.05, 3.63) is 29.8 Å². The van der Waals surface area contributed by atoms with Crippen molar-refractivity contribution in [1.29, 1.82) is 0 Å². The van der Waals surface area contributed by atoms with Crippen molar-refractivity contribution in [2.45, 2.75) is 4.90 Å². The van der Waals surface area contributed by atoms with Crippen molar-refractivity contribution in [1.82, 2.24) is 4.72 Å². The lowest BCUT2D eigenvalue weighted by Gasteiger charge is -2.04. The van der Waals surface area contributed by atoms with E-state index in [1.807, 2.05) is 0 Å². The zero-order chi connectivity index (χ0) is 11.6. The molecule has 82 valence electrons. The van der Waals surface area contributed by atoms with Gasteiger partial charge in [0.25, 0.3) is 10.0 Å². The van der Waals surface area contributed by atoms with Gasteiger partial charge in [0.05, 0.1) is 0 Å².